The van der Waals surface area contributed by atoms with Crippen molar-refractivity contribution in [1.29, 1.82) is 0 Å². The molecule has 0 bridgehead atoms. The van der Waals surface area contributed by atoms with Gasteiger partial charge in [-0.3, -0.25) is 4.79 Å². The molecular formula is C11H22N2O. The van der Waals surface area contributed by atoms with Crippen molar-refractivity contribution >= 4 is 5.91 Å². The first-order valence-electron chi connectivity index (χ1n) is 5.12. The standard InChI is InChI=1S/C11H22N2O/c1-8(2)6-5-7-9(3)13-10(4)11(12)14/h6,9-10,13H,5,7H2,1-4H3,(H2,12,14). The van der Waals surface area contributed by atoms with Crippen LogP contribution in [0.5, 0.6) is 0 Å². The summed E-state index contributed by atoms with van der Waals surface area (Å²) in [6.45, 7) is 8.03. The predicted molar refractivity (Wildman–Crippen MR) is 59.9 cm³/mol. The molecule has 2 unspecified atom stereocenters. The molecule has 14 heavy (non-hydrogen) atoms. The van der Waals surface area contributed by atoms with Crippen molar-refractivity contribution in [3.8, 4) is 0 Å². The number of allylic oxidation sites excluding steroid dienone is 2. The number of hydrogen-bond donors (Lipinski definition) is 2. The normalized spacial score (nSPS) is 14.6. The van der Waals surface area contributed by atoms with Gasteiger partial charge in [-0.25, -0.2) is 0 Å². The largest absolute Gasteiger partial charge is 0.368 e. The van der Waals surface area contributed by atoms with Crippen molar-refractivity contribution in [3.05, 3.63) is 11.6 Å². The van der Waals surface area contributed by atoms with Crippen LogP contribution in [0.25, 0.3) is 0 Å². The zero-order valence-electron chi connectivity index (χ0n) is 9.63. The van der Waals surface area contributed by atoms with Gasteiger partial charge in [0, 0.05) is 6.04 Å². The number of amides is 1. The highest BCUT2D eigenvalue weighted by Crippen LogP contribution is 2.01. The minimum atomic E-state index is -0.293. The first kappa shape index (κ1) is 13.2. The number of nitrogens with two attached hydrogens (primary N) is 1. The van der Waals surface area contributed by atoms with Gasteiger partial charge in [-0.2, -0.15) is 0 Å². The Morgan fingerprint density at radius 1 is 1.43 bits per heavy atom. The lowest BCUT2D eigenvalue weighted by molar-refractivity contribution is -0.119. The maximum atomic E-state index is 10.8. The third-order valence-electron chi connectivity index (χ3n) is 2.11. The highest BCUT2D eigenvalue weighted by atomic mass is 16.1. The first-order chi connectivity index (χ1) is 6.43. The SMILES string of the molecule is CC(C)=CCCC(C)NC(C)C(N)=O. The molecule has 0 aromatic rings. The molecule has 0 heterocycles. The number of carbonyl (C=O) groups excluding carboxylic acids is 1. The van der Waals surface area contributed by atoms with Gasteiger partial charge in [0.25, 0.3) is 0 Å². The Hall–Kier alpha value is -0.830. The lowest BCUT2D eigenvalue weighted by atomic mass is 10.1. The van der Waals surface area contributed by atoms with E-state index in [2.05, 4.69) is 32.2 Å². The van der Waals surface area contributed by atoms with Crippen molar-refractivity contribution in [2.75, 3.05) is 0 Å². The second-order valence-corrected chi connectivity index (χ2v) is 4.05. The van der Waals surface area contributed by atoms with E-state index in [9.17, 15) is 4.79 Å². The van der Waals surface area contributed by atoms with Crippen LogP contribution < -0.4 is 11.1 Å². The summed E-state index contributed by atoms with van der Waals surface area (Å²) in [5.74, 6) is -0.293. The maximum Gasteiger partial charge on any atom is 0.234 e. The molecule has 0 rings (SSSR count). The van der Waals surface area contributed by atoms with Crippen LogP contribution in [0.3, 0.4) is 0 Å². The molecule has 0 saturated heterocycles. The Morgan fingerprint density at radius 3 is 2.43 bits per heavy atom. The lowest BCUT2D eigenvalue weighted by Crippen LogP contribution is -2.43. The van der Waals surface area contributed by atoms with Crippen LogP contribution in [-0.2, 0) is 4.79 Å². The van der Waals surface area contributed by atoms with Gasteiger partial charge in [-0.1, -0.05) is 11.6 Å². The van der Waals surface area contributed by atoms with Gasteiger partial charge in [-0.05, 0) is 40.5 Å². The van der Waals surface area contributed by atoms with E-state index in [0.29, 0.717) is 6.04 Å². The van der Waals surface area contributed by atoms with Gasteiger partial charge < -0.3 is 11.1 Å². The van der Waals surface area contributed by atoms with Crippen LogP contribution in [-0.4, -0.2) is 18.0 Å². The molecule has 0 radical (unpaired) electrons. The van der Waals surface area contributed by atoms with E-state index < -0.39 is 0 Å². The first-order valence-corrected chi connectivity index (χ1v) is 5.12. The van der Waals surface area contributed by atoms with Crippen molar-refractivity contribution in [2.45, 2.75) is 52.6 Å². The second kappa shape index (κ2) is 6.60. The fourth-order valence-electron chi connectivity index (χ4n) is 1.21. The Labute approximate surface area is 86.8 Å². The van der Waals surface area contributed by atoms with E-state index in [1.54, 1.807) is 6.92 Å². The average molecular weight is 198 g/mol. The third kappa shape index (κ3) is 6.66. The van der Waals surface area contributed by atoms with E-state index in [-0.39, 0.29) is 11.9 Å². The predicted octanol–water partition coefficient (Wildman–Crippen LogP) is 1.58. The van der Waals surface area contributed by atoms with Crippen molar-refractivity contribution < 1.29 is 4.79 Å². The second-order valence-electron chi connectivity index (χ2n) is 4.05. The van der Waals surface area contributed by atoms with Crippen LogP contribution in [0.1, 0.15) is 40.5 Å². The molecule has 2 atom stereocenters. The number of hydrogen-bond acceptors (Lipinski definition) is 2. The van der Waals surface area contributed by atoms with E-state index in [4.69, 9.17) is 5.73 Å². The van der Waals surface area contributed by atoms with Crippen LogP contribution >= 0.6 is 0 Å². The Kier molecular flexibility index (Phi) is 6.21. The smallest absolute Gasteiger partial charge is 0.234 e. The molecule has 0 fully saturated rings. The Balaban J connectivity index is 3.70. The fourth-order valence-corrected chi connectivity index (χ4v) is 1.21. The van der Waals surface area contributed by atoms with Crippen LogP contribution in [0.4, 0.5) is 0 Å². The molecule has 0 aliphatic heterocycles. The highest BCUT2D eigenvalue weighted by molar-refractivity contribution is 5.79. The number of carbonyl (C=O) groups is 1. The molecule has 0 saturated carbocycles. The summed E-state index contributed by atoms with van der Waals surface area (Å²) in [4.78, 5) is 10.8. The van der Waals surface area contributed by atoms with E-state index in [1.807, 2.05) is 0 Å². The Morgan fingerprint density at radius 2 is 2.00 bits per heavy atom. The van der Waals surface area contributed by atoms with E-state index in [0.717, 1.165) is 12.8 Å². The highest BCUT2D eigenvalue weighted by Gasteiger charge is 2.10. The van der Waals surface area contributed by atoms with Crippen molar-refractivity contribution in [1.82, 2.24) is 5.32 Å². The number of nitrogens with one attached hydrogen (secondary N) is 1. The fraction of sp³-hybridized carbons (Fsp3) is 0.727. The lowest BCUT2D eigenvalue weighted by Gasteiger charge is -2.16. The molecule has 1 amide bonds. The summed E-state index contributed by atoms with van der Waals surface area (Å²) >= 11 is 0. The summed E-state index contributed by atoms with van der Waals surface area (Å²) in [5, 5.41) is 3.15. The van der Waals surface area contributed by atoms with Gasteiger partial charge in [0.05, 0.1) is 6.04 Å². The zero-order chi connectivity index (χ0) is 11.1. The van der Waals surface area contributed by atoms with Gasteiger partial charge in [0.15, 0.2) is 0 Å². The van der Waals surface area contributed by atoms with Gasteiger partial charge in [-0.15, -0.1) is 0 Å². The monoisotopic (exact) mass is 198 g/mol. The molecule has 0 spiro atoms. The van der Waals surface area contributed by atoms with Crippen LogP contribution in [0.15, 0.2) is 11.6 Å². The summed E-state index contributed by atoms with van der Waals surface area (Å²) in [6.07, 6.45) is 4.28. The minimum absolute atomic E-state index is 0.239. The summed E-state index contributed by atoms with van der Waals surface area (Å²) in [7, 11) is 0. The molecule has 3 heteroatoms. The molecule has 0 aromatic heterocycles. The summed E-state index contributed by atoms with van der Waals surface area (Å²) in [5.41, 5.74) is 6.48. The van der Waals surface area contributed by atoms with E-state index in [1.165, 1.54) is 5.57 Å². The molecule has 0 aliphatic rings. The molecule has 0 aromatic carbocycles. The molecule has 82 valence electrons. The van der Waals surface area contributed by atoms with Gasteiger partial charge in [0.2, 0.25) is 5.91 Å². The molecule has 0 aliphatic carbocycles. The maximum absolute atomic E-state index is 10.8. The number of primary amides is 1. The topological polar surface area (TPSA) is 55.1 Å². The van der Waals surface area contributed by atoms with Crippen molar-refractivity contribution in [2.24, 2.45) is 5.73 Å². The van der Waals surface area contributed by atoms with Gasteiger partial charge >= 0.3 is 0 Å². The molecule has 3 nitrogen and oxygen atoms in total. The summed E-state index contributed by atoms with van der Waals surface area (Å²) in [6, 6.07) is 0.0878. The quantitative estimate of drug-likeness (QED) is 0.637. The number of rotatable bonds is 6. The Bertz CT molecular complexity index is 207. The zero-order valence-corrected chi connectivity index (χ0v) is 9.63. The average Bonchev–Trinajstić information content (AvgIpc) is 2.02. The molecular weight excluding hydrogens is 176 g/mol. The van der Waals surface area contributed by atoms with E-state index >= 15 is 0 Å². The van der Waals surface area contributed by atoms with Crippen LogP contribution in [0.2, 0.25) is 0 Å². The minimum Gasteiger partial charge on any atom is -0.368 e. The molecule has 3 N–H and O–H groups in total. The third-order valence-corrected chi connectivity index (χ3v) is 2.11. The van der Waals surface area contributed by atoms with Gasteiger partial charge in [0.1, 0.15) is 0 Å². The van der Waals surface area contributed by atoms with Crippen LogP contribution in [0, 0.1) is 0 Å². The summed E-state index contributed by atoms with van der Waals surface area (Å²) < 4.78 is 0. The van der Waals surface area contributed by atoms with Crippen molar-refractivity contribution in [3.63, 3.8) is 0 Å².